The lowest BCUT2D eigenvalue weighted by Crippen LogP contribution is -2.48. The van der Waals surface area contributed by atoms with Crippen LogP contribution in [0, 0.1) is 11.6 Å². The third kappa shape index (κ3) is 3.94. The molecule has 0 bridgehead atoms. The zero-order valence-corrected chi connectivity index (χ0v) is 19.3. The molecule has 1 aliphatic heterocycles. The number of rotatable bonds is 5. The Balaban J connectivity index is 1.34. The quantitative estimate of drug-likeness (QED) is 0.374. The molecule has 1 atom stereocenters. The van der Waals surface area contributed by atoms with Gasteiger partial charge < -0.3 is 14.4 Å². The van der Waals surface area contributed by atoms with Crippen LogP contribution in [0.5, 0.6) is 5.88 Å². The van der Waals surface area contributed by atoms with Gasteiger partial charge in [0.05, 0.1) is 17.2 Å². The van der Waals surface area contributed by atoms with E-state index in [-0.39, 0.29) is 17.5 Å². The smallest absolute Gasteiger partial charge is 0.230 e. The van der Waals surface area contributed by atoms with Crippen LogP contribution in [0.1, 0.15) is 16.5 Å². The lowest BCUT2D eigenvalue weighted by Gasteiger charge is -2.40. The van der Waals surface area contributed by atoms with Crippen LogP contribution in [0.3, 0.4) is 0 Å². The van der Waals surface area contributed by atoms with E-state index in [1.54, 1.807) is 42.5 Å². The molecular weight excluding hydrogens is 472 g/mol. The zero-order chi connectivity index (χ0) is 23.9. The molecule has 4 heterocycles. The molecular formula is C25H21F2N5O2S. The normalized spacial score (nSPS) is 15.7. The molecule has 178 valence electrons. The van der Waals surface area contributed by atoms with Gasteiger partial charge in [0, 0.05) is 37.4 Å². The fourth-order valence-corrected chi connectivity index (χ4v) is 5.64. The highest BCUT2D eigenvalue weighted by Crippen LogP contribution is 2.41. The summed E-state index contributed by atoms with van der Waals surface area (Å²) in [5.74, 6) is 0.203. The third-order valence-corrected chi connectivity index (χ3v) is 7.33. The maximum absolute atomic E-state index is 15.0. The number of halogens is 2. The van der Waals surface area contributed by atoms with E-state index < -0.39 is 6.04 Å². The standard InChI is InChI=1S/C25H21F2N5O2S/c26-16-7-9-17(10-8-16)30-11-13-31(14-12-30)21(18-4-1-2-5-19(18)27)22-24(33)32-25(35-22)28-23(29-32)20-6-3-15-34-20/h1-10,15,21,33H,11-14H2/t21-/m0/s1. The summed E-state index contributed by atoms with van der Waals surface area (Å²) in [5, 5.41) is 15.6. The summed E-state index contributed by atoms with van der Waals surface area (Å²) >= 11 is 1.28. The summed E-state index contributed by atoms with van der Waals surface area (Å²) in [7, 11) is 0. The Bertz CT molecular complexity index is 1460. The highest BCUT2D eigenvalue weighted by Gasteiger charge is 2.33. The zero-order valence-electron chi connectivity index (χ0n) is 18.5. The third-order valence-electron chi connectivity index (χ3n) is 6.26. The van der Waals surface area contributed by atoms with Gasteiger partial charge in [0.2, 0.25) is 16.7 Å². The summed E-state index contributed by atoms with van der Waals surface area (Å²) < 4.78 is 35.1. The Hall–Kier alpha value is -3.76. The SMILES string of the molecule is Oc1c([C@H](c2ccccc2F)N2CCN(c3ccc(F)cc3)CC2)sc2nc(-c3ccco3)nn12. The van der Waals surface area contributed by atoms with Crippen molar-refractivity contribution in [3.05, 3.63) is 89.0 Å². The van der Waals surface area contributed by atoms with Crippen LogP contribution < -0.4 is 4.90 Å². The van der Waals surface area contributed by atoms with E-state index in [9.17, 15) is 9.50 Å². The second kappa shape index (κ2) is 8.79. The Morgan fingerprint density at radius 3 is 2.40 bits per heavy atom. The molecule has 1 saturated heterocycles. The van der Waals surface area contributed by atoms with Crippen LogP contribution in [0.15, 0.2) is 71.3 Å². The van der Waals surface area contributed by atoms with Gasteiger partial charge in [-0.25, -0.2) is 8.78 Å². The predicted molar refractivity (Wildman–Crippen MR) is 129 cm³/mol. The maximum atomic E-state index is 15.0. The van der Waals surface area contributed by atoms with Crippen LogP contribution in [0.2, 0.25) is 0 Å². The van der Waals surface area contributed by atoms with E-state index in [0.29, 0.717) is 53.2 Å². The van der Waals surface area contributed by atoms with Crippen molar-refractivity contribution in [1.29, 1.82) is 0 Å². The first kappa shape index (κ1) is 21.8. The molecule has 2 aromatic carbocycles. The number of hydrogen-bond acceptors (Lipinski definition) is 7. The number of furan rings is 1. The van der Waals surface area contributed by atoms with Gasteiger partial charge >= 0.3 is 0 Å². The Morgan fingerprint density at radius 2 is 1.71 bits per heavy atom. The lowest BCUT2D eigenvalue weighted by atomic mass is 10.0. The van der Waals surface area contributed by atoms with Crippen molar-refractivity contribution in [2.75, 3.05) is 31.1 Å². The number of nitrogens with zero attached hydrogens (tertiary/aromatic N) is 5. The van der Waals surface area contributed by atoms with Crippen LogP contribution >= 0.6 is 11.3 Å². The molecule has 0 aliphatic carbocycles. The molecule has 3 aromatic heterocycles. The Kier molecular flexibility index (Phi) is 5.46. The number of fused-ring (bicyclic) bond motifs is 1. The molecule has 35 heavy (non-hydrogen) atoms. The second-order valence-electron chi connectivity index (χ2n) is 8.32. The summed E-state index contributed by atoms with van der Waals surface area (Å²) in [5.41, 5.74) is 1.43. The van der Waals surface area contributed by atoms with Crippen LogP contribution in [0.25, 0.3) is 16.5 Å². The lowest BCUT2D eigenvalue weighted by molar-refractivity contribution is 0.208. The molecule has 0 radical (unpaired) electrons. The number of aromatic nitrogens is 3. The number of anilines is 1. The second-order valence-corrected chi connectivity index (χ2v) is 9.33. The number of hydrogen-bond donors (Lipinski definition) is 1. The van der Waals surface area contributed by atoms with Crippen LogP contribution in [-0.2, 0) is 0 Å². The first-order valence-electron chi connectivity index (χ1n) is 11.2. The molecule has 0 spiro atoms. The molecule has 10 heteroatoms. The van der Waals surface area contributed by atoms with Gasteiger partial charge in [-0.15, -0.1) is 5.10 Å². The van der Waals surface area contributed by atoms with Crippen LogP contribution in [-0.4, -0.2) is 50.8 Å². The van der Waals surface area contributed by atoms with E-state index in [2.05, 4.69) is 19.9 Å². The monoisotopic (exact) mass is 493 g/mol. The topological polar surface area (TPSA) is 70.0 Å². The summed E-state index contributed by atoms with van der Waals surface area (Å²) in [6.07, 6.45) is 1.54. The molecule has 6 rings (SSSR count). The van der Waals surface area contributed by atoms with Crippen molar-refractivity contribution in [2.24, 2.45) is 0 Å². The number of piperazine rings is 1. The van der Waals surface area contributed by atoms with Crippen molar-refractivity contribution in [2.45, 2.75) is 6.04 Å². The minimum absolute atomic E-state index is 0.0653. The van der Waals surface area contributed by atoms with E-state index in [4.69, 9.17) is 4.42 Å². The van der Waals surface area contributed by atoms with Gasteiger partial charge in [0.15, 0.2) is 5.76 Å². The average Bonchev–Trinajstić information content (AvgIpc) is 3.61. The Labute approximate surface area is 203 Å². The van der Waals surface area contributed by atoms with Crippen molar-refractivity contribution < 1.29 is 18.3 Å². The minimum atomic E-state index is -0.507. The minimum Gasteiger partial charge on any atom is -0.492 e. The molecule has 7 nitrogen and oxygen atoms in total. The molecule has 0 amide bonds. The highest BCUT2D eigenvalue weighted by molar-refractivity contribution is 7.17. The molecule has 5 aromatic rings. The van der Waals surface area contributed by atoms with Gasteiger partial charge in [0.25, 0.3) is 0 Å². The number of aromatic hydroxyl groups is 1. The van der Waals surface area contributed by atoms with Gasteiger partial charge in [0.1, 0.15) is 11.6 Å². The first-order valence-corrected chi connectivity index (χ1v) is 12.0. The fourth-order valence-electron chi connectivity index (χ4n) is 4.53. The number of benzene rings is 2. The van der Waals surface area contributed by atoms with Crippen LogP contribution in [0.4, 0.5) is 14.5 Å². The van der Waals surface area contributed by atoms with Crippen molar-refractivity contribution >= 4 is 22.0 Å². The van der Waals surface area contributed by atoms with Crippen molar-refractivity contribution in [3.8, 4) is 17.5 Å². The molecule has 0 unspecified atom stereocenters. The molecule has 1 aliphatic rings. The van der Waals surface area contributed by atoms with E-state index in [0.717, 1.165) is 5.69 Å². The van der Waals surface area contributed by atoms with Crippen molar-refractivity contribution in [1.82, 2.24) is 19.5 Å². The van der Waals surface area contributed by atoms with E-state index in [1.807, 2.05) is 0 Å². The van der Waals surface area contributed by atoms with Gasteiger partial charge in [-0.05, 0) is 42.5 Å². The predicted octanol–water partition coefficient (Wildman–Crippen LogP) is 4.95. The molecule has 0 saturated carbocycles. The first-order chi connectivity index (χ1) is 17.1. The van der Waals surface area contributed by atoms with Crippen molar-refractivity contribution in [3.63, 3.8) is 0 Å². The highest BCUT2D eigenvalue weighted by atomic mass is 32.1. The van der Waals surface area contributed by atoms with Gasteiger partial charge in [-0.3, -0.25) is 4.90 Å². The summed E-state index contributed by atoms with van der Waals surface area (Å²) in [6.45, 7) is 2.61. The molecule has 1 N–H and O–H groups in total. The summed E-state index contributed by atoms with van der Waals surface area (Å²) in [4.78, 5) is 9.90. The molecule has 1 fully saturated rings. The van der Waals surface area contributed by atoms with E-state index >= 15 is 4.39 Å². The van der Waals surface area contributed by atoms with Gasteiger partial charge in [-0.1, -0.05) is 29.5 Å². The van der Waals surface area contributed by atoms with Gasteiger partial charge in [-0.2, -0.15) is 9.50 Å². The maximum Gasteiger partial charge on any atom is 0.230 e. The average molecular weight is 494 g/mol. The Morgan fingerprint density at radius 1 is 0.943 bits per heavy atom. The fraction of sp³-hybridized carbons (Fsp3) is 0.200. The largest absolute Gasteiger partial charge is 0.492 e. The number of thiazole rings is 1. The summed E-state index contributed by atoms with van der Waals surface area (Å²) in [6, 6.07) is 16.0. The van der Waals surface area contributed by atoms with E-state index in [1.165, 1.54) is 40.3 Å².